The SMILES string of the molecule is CCCCCCCCCCCCCCCCCCCCCCCCCCCCCCCCCCCC(=O)N[C@@H](CO[C@@H]1O[C@H](CO)[C@H](O)C(O)C1O)[C@H](O)CCCCCCCCCCCC. The third-order valence-electron chi connectivity index (χ3n) is 14.5. The van der Waals surface area contributed by atoms with Gasteiger partial charge in [-0.1, -0.05) is 284 Å². The minimum absolute atomic E-state index is 0.132. The molecule has 7 atom stereocenters. The number of amides is 1. The first-order valence-corrected chi connectivity index (χ1v) is 29.2. The minimum atomic E-state index is -1.55. The Morgan fingerprint density at radius 1 is 0.455 bits per heavy atom. The van der Waals surface area contributed by atoms with Crippen LogP contribution >= 0.6 is 0 Å². The molecule has 1 amide bonds. The zero-order chi connectivity index (χ0) is 48.0. The predicted molar refractivity (Wildman–Crippen MR) is 277 cm³/mol. The molecule has 0 saturated carbocycles. The lowest BCUT2D eigenvalue weighted by atomic mass is 9.99. The van der Waals surface area contributed by atoms with Crippen LogP contribution in [0.25, 0.3) is 0 Å². The van der Waals surface area contributed by atoms with Crippen molar-refractivity contribution in [2.24, 2.45) is 0 Å². The Kier molecular flexibility index (Phi) is 45.8. The van der Waals surface area contributed by atoms with Gasteiger partial charge in [0.05, 0.1) is 25.4 Å². The highest BCUT2D eigenvalue weighted by Crippen LogP contribution is 2.23. The van der Waals surface area contributed by atoms with Crippen molar-refractivity contribution in [3.63, 3.8) is 0 Å². The van der Waals surface area contributed by atoms with Gasteiger partial charge in [-0.15, -0.1) is 0 Å². The molecule has 6 N–H and O–H groups in total. The summed E-state index contributed by atoms with van der Waals surface area (Å²) in [5, 5.41) is 54.4. The van der Waals surface area contributed by atoms with E-state index in [1.54, 1.807) is 0 Å². The topological polar surface area (TPSA) is 149 Å². The molecule has 1 aliphatic rings. The third kappa shape index (κ3) is 37.1. The third-order valence-corrected chi connectivity index (χ3v) is 14.5. The van der Waals surface area contributed by atoms with Gasteiger partial charge in [-0.3, -0.25) is 4.79 Å². The molecule has 0 aromatic heterocycles. The van der Waals surface area contributed by atoms with Gasteiger partial charge in [0.1, 0.15) is 24.4 Å². The van der Waals surface area contributed by atoms with Gasteiger partial charge in [0.25, 0.3) is 0 Å². The highest BCUT2D eigenvalue weighted by atomic mass is 16.7. The molecule has 1 rings (SSSR count). The Hall–Kier alpha value is -0.810. The van der Waals surface area contributed by atoms with Crippen LogP contribution in [-0.2, 0) is 14.3 Å². The Morgan fingerprint density at radius 3 is 1.08 bits per heavy atom. The Morgan fingerprint density at radius 2 is 0.758 bits per heavy atom. The van der Waals surface area contributed by atoms with Gasteiger partial charge in [0, 0.05) is 6.42 Å². The second-order valence-electron chi connectivity index (χ2n) is 20.8. The minimum Gasteiger partial charge on any atom is -0.394 e. The molecule has 0 aliphatic carbocycles. The summed E-state index contributed by atoms with van der Waals surface area (Å²) in [6, 6.07) is -0.711. The van der Waals surface area contributed by atoms with E-state index in [-0.39, 0.29) is 12.5 Å². The van der Waals surface area contributed by atoms with E-state index in [0.29, 0.717) is 12.8 Å². The van der Waals surface area contributed by atoms with Gasteiger partial charge in [0.15, 0.2) is 6.29 Å². The number of unbranched alkanes of at least 4 members (excludes halogenated alkanes) is 41. The second kappa shape index (κ2) is 47.8. The smallest absolute Gasteiger partial charge is 0.220 e. The summed E-state index contributed by atoms with van der Waals surface area (Å²) in [4.78, 5) is 13.0. The Balaban J connectivity index is 2.03. The number of rotatable bonds is 51. The van der Waals surface area contributed by atoms with Gasteiger partial charge in [-0.25, -0.2) is 0 Å². The molecule has 0 radical (unpaired) electrons. The van der Waals surface area contributed by atoms with E-state index in [9.17, 15) is 30.3 Å². The first-order chi connectivity index (χ1) is 32.3. The standard InChI is InChI=1S/C57H113NO8/c1-3-5-7-9-11-13-15-16-17-18-19-20-21-22-23-24-25-26-27-28-29-30-31-32-33-34-35-36-37-39-41-43-45-47-53(61)58-50(49-65-57-56(64)55(63)54(62)52(48-59)66-57)51(60)46-44-42-40-38-14-12-10-8-6-4-2/h50-52,54-57,59-60,62-64H,3-49H2,1-2H3,(H,58,61)/t50-,51+,52+,54-,55?,56?,57+/m0/s1. The van der Waals surface area contributed by atoms with Gasteiger partial charge >= 0.3 is 0 Å². The van der Waals surface area contributed by atoms with Crippen LogP contribution in [0.2, 0.25) is 0 Å². The van der Waals surface area contributed by atoms with Crippen LogP contribution in [0, 0.1) is 0 Å². The highest BCUT2D eigenvalue weighted by molar-refractivity contribution is 5.76. The zero-order valence-electron chi connectivity index (χ0n) is 43.7. The van der Waals surface area contributed by atoms with Gasteiger partial charge in [-0.2, -0.15) is 0 Å². The molecule has 2 unspecified atom stereocenters. The number of carbonyl (C=O) groups is 1. The van der Waals surface area contributed by atoms with Crippen molar-refractivity contribution in [1.82, 2.24) is 5.32 Å². The lowest BCUT2D eigenvalue weighted by molar-refractivity contribution is -0.302. The van der Waals surface area contributed by atoms with Crippen molar-refractivity contribution in [2.75, 3.05) is 13.2 Å². The molecule has 394 valence electrons. The summed E-state index contributed by atoms with van der Waals surface area (Å²) in [7, 11) is 0. The van der Waals surface area contributed by atoms with Crippen molar-refractivity contribution >= 4 is 5.91 Å². The van der Waals surface area contributed by atoms with Crippen LogP contribution in [-0.4, -0.2) is 87.5 Å². The summed E-state index contributed by atoms with van der Waals surface area (Å²) in [5.41, 5.74) is 0. The van der Waals surface area contributed by atoms with Crippen LogP contribution in [0.15, 0.2) is 0 Å². The number of aliphatic hydroxyl groups excluding tert-OH is 5. The lowest BCUT2D eigenvalue weighted by Gasteiger charge is -2.40. The number of nitrogens with one attached hydrogen (secondary N) is 1. The number of ether oxygens (including phenoxy) is 2. The van der Waals surface area contributed by atoms with Crippen molar-refractivity contribution in [2.45, 2.75) is 346 Å². The maximum atomic E-state index is 13.0. The average molecular weight is 941 g/mol. The molecule has 9 nitrogen and oxygen atoms in total. The lowest BCUT2D eigenvalue weighted by Crippen LogP contribution is -2.60. The molecule has 9 heteroatoms. The van der Waals surface area contributed by atoms with Gasteiger partial charge in [-0.05, 0) is 12.8 Å². The fraction of sp³-hybridized carbons (Fsp3) is 0.982. The highest BCUT2D eigenvalue weighted by Gasteiger charge is 2.44. The number of hydrogen-bond acceptors (Lipinski definition) is 8. The van der Waals surface area contributed by atoms with Gasteiger partial charge < -0.3 is 40.3 Å². The van der Waals surface area contributed by atoms with E-state index < -0.39 is 49.5 Å². The molecule has 66 heavy (non-hydrogen) atoms. The summed E-state index contributed by atoms with van der Waals surface area (Å²) in [6.07, 6.45) is 50.3. The maximum Gasteiger partial charge on any atom is 0.220 e. The monoisotopic (exact) mass is 940 g/mol. The fourth-order valence-corrected chi connectivity index (χ4v) is 9.81. The molecule has 0 aromatic carbocycles. The van der Waals surface area contributed by atoms with E-state index in [4.69, 9.17) is 9.47 Å². The summed E-state index contributed by atoms with van der Waals surface area (Å²) in [5.74, 6) is -0.139. The molecule has 1 fully saturated rings. The van der Waals surface area contributed by atoms with E-state index in [0.717, 1.165) is 38.5 Å². The van der Waals surface area contributed by atoms with Crippen LogP contribution in [0.3, 0.4) is 0 Å². The Bertz CT molecular complexity index is 1000. The van der Waals surface area contributed by atoms with Crippen molar-refractivity contribution in [3.8, 4) is 0 Å². The van der Waals surface area contributed by atoms with Crippen LogP contribution in [0.1, 0.15) is 303 Å². The van der Waals surface area contributed by atoms with Crippen molar-refractivity contribution in [3.05, 3.63) is 0 Å². The van der Waals surface area contributed by atoms with Crippen LogP contribution in [0.4, 0.5) is 0 Å². The largest absolute Gasteiger partial charge is 0.394 e. The molecular formula is C57H113NO8. The quantitative estimate of drug-likeness (QED) is 0.0330. The van der Waals surface area contributed by atoms with Crippen LogP contribution in [0.5, 0.6) is 0 Å². The molecule has 1 heterocycles. The average Bonchev–Trinajstić information content (AvgIpc) is 3.32. The van der Waals surface area contributed by atoms with Crippen molar-refractivity contribution in [1.29, 1.82) is 0 Å². The molecule has 0 bridgehead atoms. The normalized spacial score (nSPS) is 19.7. The predicted octanol–water partition coefficient (Wildman–Crippen LogP) is 14.2. The van der Waals surface area contributed by atoms with E-state index in [1.807, 2.05) is 0 Å². The molecule has 1 saturated heterocycles. The van der Waals surface area contributed by atoms with Crippen LogP contribution < -0.4 is 5.32 Å². The van der Waals surface area contributed by atoms with E-state index in [2.05, 4.69) is 19.2 Å². The second-order valence-corrected chi connectivity index (χ2v) is 20.8. The first kappa shape index (κ1) is 63.2. The molecule has 0 aromatic rings. The summed E-state index contributed by atoms with van der Waals surface area (Å²) in [6.45, 7) is 3.85. The maximum absolute atomic E-state index is 13.0. The van der Waals surface area contributed by atoms with E-state index in [1.165, 1.54) is 238 Å². The molecule has 0 spiro atoms. The van der Waals surface area contributed by atoms with Crippen molar-refractivity contribution < 1.29 is 39.8 Å². The molecule has 1 aliphatic heterocycles. The molecular weight excluding hydrogens is 827 g/mol. The summed E-state index contributed by atoms with van der Waals surface area (Å²) >= 11 is 0. The Labute approximate surface area is 408 Å². The van der Waals surface area contributed by atoms with E-state index >= 15 is 0 Å². The number of aliphatic hydroxyl groups is 5. The number of hydrogen-bond donors (Lipinski definition) is 6. The number of carbonyl (C=O) groups excluding carboxylic acids is 1. The zero-order valence-corrected chi connectivity index (χ0v) is 43.7. The van der Waals surface area contributed by atoms with Gasteiger partial charge in [0.2, 0.25) is 5.91 Å². The first-order valence-electron chi connectivity index (χ1n) is 29.2. The summed E-state index contributed by atoms with van der Waals surface area (Å²) < 4.78 is 11.3. The fourth-order valence-electron chi connectivity index (χ4n) is 9.81.